The summed E-state index contributed by atoms with van der Waals surface area (Å²) in [6.45, 7) is 4.45. The first kappa shape index (κ1) is 35.9. The van der Waals surface area contributed by atoms with E-state index in [9.17, 15) is 0 Å². The van der Waals surface area contributed by atoms with E-state index in [1.54, 1.807) is 14.2 Å². The molecule has 4 aromatic rings. The van der Waals surface area contributed by atoms with Gasteiger partial charge in [-0.25, -0.2) is 0 Å². The molecule has 2 aliphatic carbocycles. The van der Waals surface area contributed by atoms with Gasteiger partial charge in [-0.15, -0.1) is 0 Å². The first-order valence-corrected chi connectivity index (χ1v) is 18.6. The summed E-state index contributed by atoms with van der Waals surface area (Å²) in [7, 11) is 3.38. The second-order valence-corrected chi connectivity index (χ2v) is 13.7. The van der Waals surface area contributed by atoms with Crippen molar-refractivity contribution in [2.75, 3.05) is 14.2 Å². The lowest BCUT2D eigenvalue weighted by atomic mass is 9.79. The van der Waals surface area contributed by atoms with Gasteiger partial charge in [0.15, 0.2) is 0 Å². The van der Waals surface area contributed by atoms with Gasteiger partial charge < -0.3 is 9.47 Å². The van der Waals surface area contributed by atoms with Crippen LogP contribution in [0.1, 0.15) is 117 Å². The maximum absolute atomic E-state index is 5.19. The third-order valence-corrected chi connectivity index (χ3v) is 10.3. The molecule has 2 aliphatic rings. The van der Waals surface area contributed by atoms with Crippen LogP contribution in [0.25, 0.3) is 0 Å². The Morgan fingerprint density at radius 3 is 1.22 bits per heavy atom. The molecule has 0 unspecified atom stereocenters. The first-order valence-electron chi connectivity index (χ1n) is 18.6. The van der Waals surface area contributed by atoms with Crippen LogP contribution >= 0.6 is 0 Å². The normalized spacial score (nSPS) is 19.9. The standard InChI is InChI=1S/C24H28O.C23H26O/c1-3-4-19-7-13-22(14-8-19)23-15-9-20(10-16-23)5-6-21-11-17-24(25-2)18-12-21;1-3-18-6-12-21(13-7-18)22-14-8-19(9-15-22)4-5-20-10-16-23(24-2)17-11-20/h7-8,11-14,17-18,20,23H,3-4,9-10,15-16H2,1-2H3;6-7,10-13,16-17,19,22H,3,8-9,14-15H2,1-2H3. The fourth-order valence-corrected chi connectivity index (χ4v) is 7.13. The molecular weight excluding hydrogens is 597 g/mol. The smallest absolute Gasteiger partial charge is 0.118 e. The number of benzene rings is 4. The van der Waals surface area contributed by atoms with Gasteiger partial charge in [0, 0.05) is 23.0 Å². The summed E-state index contributed by atoms with van der Waals surface area (Å²) >= 11 is 0. The van der Waals surface area contributed by atoms with Crippen molar-refractivity contribution in [1.29, 1.82) is 0 Å². The van der Waals surface area contributed by atoms with E-state index in [1.807, 2.05) is 48.5 Å². The average molecular weight is 651 g/mol. The van der Waals surface area contributed by atoms with Gasteiger partial charge >= 0.3 is 0 Å². The minimum Gasteiger partial charge on any atom is -0.497 e. The van der Waals surface area contributed by atoms with Crippen LogP contribution < -0.4 is 9.47 Å². The Morgan fingerprint density at radius 1 is 0.490 bits per heavy atom. The molecule has 0 N–H and O–H groups in total. The molecule has 0 aromatic heterocycles. The fourth-order valence-electron chi connectivity index (χ4n) is 7.13. The Morgan fingerprint density at radius 2 is 0.878 bits per heavy atom. The number of methoxy groups -OCH3 is 2. The van der Waals surface area contributed by atoms with Gasteiger partial charge in [-0.1, -0.05) is 92.5 Å². The molecule has 2 nitrogen and oxygen atoms in total. The predicted molar refractivity (Wildman–Crippen MR) is 205 cm³/mol. The molecule has 2 saturated carbocycles. The molecule has 4 aromatic carbocycles. The third-order valence-electron chi connectivity index (χ3n) is 10.3. The van der Waals surface area contributed by atoms with Crippen molar-refractivity contribution < 1.29 is 9.47 Å². The minimum absolute atomic E-state index is 0.540. The fraction of sp³-hybridized carbons (Fsp3) is 0.404. The monoisotopic (exact) mass is 650 g/mol. The Kier molecular flexibility index (Phi) is 13.9. The number of hydrogen-bond donors (Lipinski definition) is 0. The van der Waals surface area contributed by atoms with Gasteiger partial charge in [-0.3, -0.25) is 0 Å². The average Bonchev–Trinajstić information content (AvgIpc) is 3.18. The third kappa shape index (κ3) is 11.1. The second-order valence-electron chi connectivity index (χ2n) is 13.7. The molecule has 0 spiro atoms. The van der Waals surface area contributed by atoms with Crippen molar-refractivity contribution in [2.24, 2.45) is 11.8 Å². The number of ether oxygens (including phenoxy) is 2. The van der Waals surface area contributed by atoms with Crippen LogP contribution in [0.2, 0.25) is 0 Å². The molecule has 0 amide bonds. The van der Waals surface area contributed by atoms with E-state index in [4.69, 9.17) is 9.47 Å². The maximum Gasteiger partial charge on any atom is 0.118 e. The molecule has 6 rings (SSSR count). The van der Waals surface area contributed by atoms with Crippen molar-refractivity contribution in [1.82, 2.24) is 0 Å². The van der Waals surface area contributed by atoms with Gasteiger partial charge in [0.25, 0.3) is 0 Å². The van der Waals surface area contributed by atoms with Crippen LogP contribution in [-0.4, -0.2) is 14.2 Å². The van der Waals surface area contributed by atoms with E-state index < -0.39 is 0 Å². The molecule has 49 heavy (non-hydrogen) atoms. The lowest BCUT2D eigenvalue weighted by molar-refractivity contribution is 0.384. The summed E-state index contributed by atoms with van der Waals surface area (Å²) < 4.78 is 10.4. The van der Waals surface area contributed by atoms with Crippen molar-refractivity contribution in [3.63, 3.8) is 0 Å². The van der Waals surface area contributed by atoms with E-state index in [0.717, 1.165) is 40.9 Å². The van der Waals surface area contributed by atoms with Crippen LogP contribution in [0.4, 0.5) is 0 Å². The lowest BCUT2D eigenvalue weighted by Gasteiger charge is -2.26. The molecule has 2 heteroatoms. The van der Waals surface area contributed by atoms with Crippen molar-refractivity contribution >= 4 is 0 Å². The molecular formula is C47H54O2. The van der Waals surface area contributed by atoms with Crippen molar-refractivity contribution in [3.05, 3.63) is 130 Å². The summed E-state index contributed by atoms with van der Waals surface area (Å²) in [4.78, 5) is 0. The molecule has 0 radical (unpaired) electrons. The summed E-state index contributed by atoms with van der Waals surface area (Å²) in [6.07, 6.45) is 13.4. The molecule has 0 heterocycles. The van der Waals surface area contributed by atoms with Crippen LogP contribution in [0.3, 0.4) is 0 Å². The zero-order valence-corrected chi connectivity index (χ0v) is 30.1. The quantitative estimate of drug-likeness (QED) is 0.185. The van der Waals surface area contributed by atoms with Gasteiger partial charge in [-0.05, 0) is 147 Å². The number of rotatable bonds is 7. The highest BCUT2D eigenvalue weighted by Gasteiger charge is 2.22. The second kappa shape index (κ2) is 19.0. The van der Waals surface area contributed by atoms with E-state index >= 15 is 0 Å². The lowest BCUT2D eigenvalue weighted by Crippen LogP contribution is -2.12. The van der Waals surface area contributed by atoms with Gasteiger partial charge in [0.05, 0.1) is 14.2 Å². The highest BCUT2D eigenvalue weighted by atomic mass is 16.5. The van der Waals surface area contributed by atoms with E-state index in [2.05, 4.69) is 86.1 Å². The zero-order chi connectivity index (χ0) is 34.3. The first-order chi connectivity index (χ1) is 24.1. The molecule has 2 fully saturated rings. The summed E-state index contributed by atoms with van der Waals surface area (Å²) in [5.74, 6) is 17.9. The van der Waals surface area contributed by atoms with Gasteiger partial charge in [-0.2, -0.15) is 0 Å². The summed E-state index contributed by atoms with van der Waals surface area (Å²) in [5.41, 5.74) is 8.07. The van der Waals surface area contributed by atoms with E-state index in [0.29, 0.717) is 11.8 Å². The highest BCUT2D eigenvalue weighted by Crippen LogP contribution is 2.37. The van der Waals surface area contributed by atoms with Gasteiger partial charge in [0.1, 0.15) is 11.5 Å². The molecule has 0 atom stereocenters. The summed E-state index contributed by atoms with van der Waals surface area (Å²) in [5, 5.41) is 0. The Hall–Kier alpha value is -4.40. The molecule has 254 valence electrons. The van der Waals surface area contributed by atoms with Crippen LogP contribution in [0.5, 0.6) is 11.5 Å². The Balaban J connectivity index is 0.000000191. The summed E-state index contributed by atoms with van der Waals surface area (Å²) in [6, 6.07) is 34.6. The molecule has 0 saturated heterocycles. The van der Waals surface area contributed by atoms with Crippen molar-refractivity contribution in [2.45, 2.75) is 96.3 Å². The predicted octanol–water partition coefficient (Wildman–Crippen LogP) is 11.6. The van der Waals surface area contributed by atoms with Crippen LogP contribution in [0, 0.1) is 35.5 Å². The molecule has 0 bridgehead atoms. The van der Waals surface area contributed by atoms with Crippen LogP contribution in [0.15, 0.2) is 97.1 Å². The van der Waals surface area contributed by atoms with Crippen LogP contribution in [-0.2, 0) is 12.8 Å². The number of hydrogen-bond acceptors (Lipinski definition) is 2. The maximum atomic E-state index is 5.19. The Labute approximate surface area is 296 Å². The van der Waals surface area contributed by atoms with E-state index in [-0.39, 0.29) is 0 Å². The topological polar surface area (TPSA) is 18.5 Å². The highest BCUT2D eigenvalue weighted by molar-refractivity contribution is 5.40. The van der Waals surface area contributed by atoms with Crippen molar-refractivity contribution in [3.8, 4) is 35.2 Å². The van der Waals surface area contributed by atoms with Gasteiger partial charge in [0.2, 0.25) is 0 Å². The zero-order valence-electron chi connectivity index (χ0n) is 30.1. The van der Waals surface area contributed by atoms with E-state index in [1.165, 1.54) is 86.5 Å². The SMILES string of the molecule is CCCc1ccc(C2CCC(C#Cc3ccc(OC)cc3)CC2)cc1.CCc1ccc(C2CCC(C#Cc3ccc(OC)cc3)CC2)cc1. The minimum atomic E-state index is 0.540. The largest absolute Gasteiger partial charge is 0.497 e. The number of aryl methyl sites for hydroxylation is 2. The molecule has 0 aliphatic heterocycles. The Bertz CT molecular complexity index is 1660.